The summed E-state index contributed by atoms with van der Waals surface area (Å²) in [6, 6.07) is 7.23. The molecule has 1 unspecified atom stereocenters. The van der Waals surface area contributed by atoms with Gasteiger partial charge in [0.1, 0.15) is 0 Å². The number of aromatic nitrogens is 1. The summed E-state index contributed by atoms with van der Waals surface area (Å²) in [7, 11) is 0. The second-order valence-electron chi connectivity index (χ2n) is 4.11. The van der Waals surface area contributed by atoms with Crippen molar-refractivity contribution < 1.29 is 0 Å². The molecule has 0 amide bonds. The van der Waals surface area contributed by atoms with Gasteiger partial charge in [0, 0.05) is 6.04 Å². The van der Waals surface area contributed by atoms with E-state index >= 15 is 0 Å². The molecule has 0 aliphatic carbocycles. The van der Waals surface area contributed by atoms with Crippen molar-refractivity contribution in [1.29, 1.82) is 0 Å². The number of fused-ring (bicyclic) bond motifs is 1. The predicted octanol–water partition coefficient (Wildman–Crippen LogP) is 3.03. The van der Waals surface area contributed by atoms with Gasteiger partial charge in [-0.25, -0.2) is 4.98 Å². The van der Waals surface area contributed by atoms with E-state index in [0.29, 0.717) is 6.04 Å². The van der Waals surface area contributed by atoms with Gasteiger partial charge in [0.2, 0.25) is 0 Å². The summed E-state index contributed by atoms with van der Waals surface area (Å²) >= 11 is 1.77. The lowest BCUT2D eigenvalue weighted by Gasteiger charge is -2.09. The van der Waals surface area contributed by atoms with Crippen LogP contribution in [0.4, 0.5) is 0 Å². The fourth-order valence-corrected chi connectivity index (χ4v) is 3.05. The lowest BCUT2D eigenvalue weighted by atomic mass is 10.1. The second-order valence-corrected chi connectivity index (χ2v) is 5.34. The fourth-order valence-electron chi connectivity index (χ4n) is 2.25. The van der Waals surface area contributed by atoms with E-state index in [1.165, 1.54) is 23.1 Å². The van der Waals surface area contributed by atoms with Crippen molar-refractivity contribution in [3.63, 3.8) is 0 Å². The monoisotopic (exact) mass is 218 g/mol. The van der Waals surface area contributed by atoms with Gasteiger partial charge in [0.05, 0.1) is 15.2 Å². The van der Waals surface area contributed by atoms with Gasteiger partial charge in [0.25, 0.3) is 0 Å². The van der Waals surface area contributed by atoms with Gasteiger partial charge >= 0.3 is 0 Å². The van der Waals surface area contributed by atoms with Gasteiger partial charge in [-0.1, -0.05) is 6.07 Å². The van der Waals surface area contributed by atoms with Crippen LogP contribution in [0.25, 0.3) is 10.2 Å². The maximum atomic E-state index is 4.54. The van der Waals surface area contributed by atoms with E-state index in [1.54, 1.807) is 11.3 Å². The minimum atomic E-state index is 0.552. The van der Waals surface area contributed by atoms with Crippen LogP contribution in [0.2, 0.25) is 0 Å². The molecule has 0 bridgehead atoms. The topological polar surface area (TPSA) is 24.9 Å². The molecular formula is C12H14N2S. The van der Waals surface area contributed by atoms with Crippen molar-refractivity contribution in [2.75, 3.05) is 6.54 Å². The Morgan fingerprint density at radius 2 is 2.40 bits per heavy atom. The first-order valence-electron chi connectivity index (χ1n) is 5.43. The minimum absolute atomic E-state index is 0.552. The van der Waals surface area contributed by atoms with Crippen LogP contribution in [0.3, 0.4) is 0 Å². The number of nitrogens with one attached hydrogen (secondary N) is 1. The van der Waals surface area contributed by atoms with E-state index < -0.39 is 0 Å². The first kappa shape index (κ1) is 9.31. The van der Waals surface area contributed by atoms with Crippen molar-refractivity contribution in [1.82, 2.24) is 10.3 Å². The zero-order valence-corrected chi connectivity index (χ0v) is 9.60. The molecule has 0 saturated carbocycles. The van der Waals surface area contributed by atoms with Gasteiger partial charge in [-0.2, -0.15) is 0 Å². The first-order chi connectivity index (χ1) is 7.33. The summed E-state index contributed by atoms with van der Waals surface area (Å²) in [6.07, 6.45) is 2.55. The summed E-state index contributed by atoms with van der Waals surface area (Å²) in [5.41, 5.74) is 2.55. The first-order valence-corrected chi connectivity index (χ1v) is 6.25. The highest BCUT2D eigenvalue weighted by Gasteiger charge is 2.16. The average Bonchev–Trinajstić information content (AvgIpc) is 2.82. The minimum Gasteiger partial charge on any atom is -0.310 e. The number of hydrogen-bond donors (Lipinski definition) is 1. The van der Waals surface area contributed by atoms with Crippen LogP contribution in [-0.2, 0) is 0 Å². The van der Waals surface area contributed by atoms with Gasteiger partial charge in [-0.15, -0.1) is 11.3 Å². The molecule has 2 nitrogen and oxygen atoms in total. The van der Waals surface area contributed by atoms with Crippen molar-refractivity contribution >= 4 is 21.6 Å². The molecule has 2 heterocycles. The average molecular weight is 218 g/mol. The number of benzene rings is 1. The highest BCUT2D eigenvalue weighted by Crippen LogP contribution is 2.28. The molecule has 3 heteroatoms. The van der Waals surface area contributed by atoms with Crippen molar-refractivity contribution in [2.45, 2.75) is 25.8 Å². The lowest BCUT2D eigenvalue weighted by Crippen LogP contribution is -2.12. The van der Waals surface area contributed by atoms with E-state index in [0.717, 1.165) is 17.1 Å². The molecule has 1 atom stereocenters. The van der Waals surface area contributed by atoms with Crippen LogP contribution in [-0.4, -0.2) is 11.5 Å². The molecule has 1 aromatic heterocycles. The molecule has 1 aromatic carbocycles. The normalized spacial score (nSPS) is 21.3. The lowest BCUT2D eigenvalue weighted by molar-refractivity contribution is 0.648. The van der Waals surface area contributed by atoms with E-state index in [-0.39, 0.29) is 0 Å². The third-order valence-electron chi connectivity index (χ3n) is 2.98. The van der Waals surface area contributed by atoms with Gasteiger partial charge in [-0.05, 0) is 44.0 Å². The van der Waals surface area contributed by atoms with Crippen LogP contribution in [0.5, 0.6) is 0 Å². The Morgan fingerprint density at radius 1 is 1.47 bits per heavy atom. The number of nitrogens with zero attached hydrogens (tertiary/aromatic N) is 1. The van der Waals surface area contributed by atoms with Gasteiger partial charge in [-0.3, -0.25) is 0 Å². The predicted molar refractivity (Wildman–Crippen MR) is 64.3 cm³/mol. The molecule has 15 heavy (non-hydrogen) atoms. The molecular weight excluding hydrogens is 204 g/mol. The molecule has 3 rings (SSSR count). The van der Waals surface area contributed by atoms with Crippen LogP contribution in [0, 0.1) is 6.92 Å². The summed E-state index contributed by atoms with van der Waals surface area (Å²) in [4.78, 5) is 4.54. The Labute approximate surface area is 93.3 Å². The quantitative estimate of drug-likeness (QED) is 0.796. The maximum Gasteiger partial charge on any atom is 0.0907 e. The third kappa shape index (κ3) is 1.66. The standard InChI is InChI=1S/C12H14N2S/c1-8-14-11-7-9(4-5-12(11)15-8)10-3-2-6-13-10/h4-5,7,10,13H,2-3,6H2,1H3. The molecule has 0 radical (unpaired) electrons. The number of thiazole rings is 1. The van der Waals surface area contributed by atoms with Crippen molar-refractivity contribution in [3.8, 4) is 0 Å². The zero-order chi connectivity index (χ0) is 10.3. The highest BCUT2D eigenvalue weighted by atomic mass is 32.1. The Bertz CT molecular complexity index is 483. The molecule has 1 saturated heterocycles. The SMILES string of the molecule is Cc1nc2cc(C3CCCN3)ccc2s1. The maximum absolute atomic E-state index is 4.54. The molecule has 1 aliphatic heterocycles. The molecule has 1 N–H and O–H groups in total. The van der Waals surface area contributed by atoms with Gasteiger partial charge < -0.3 is 5.32 Å². The van der Waals surface area contributed by atoms with Crippen molar-refractivity contribution in [2.24, 2.45) is 0 Å². The van der Waals surface area contributed by atoms with E-state index in [9.17, 15) is 0 Å². The number of aryl methyl sites for hydroxylation is 1. The number of rotatable bonds is 1. The van der Waals surface area contributed by atoms with Crippen LogP contribution in [0.15, 0.2) is 18.2 Å². The molecule has 2 aromatic rings. The zero-order valence-electron chi connectivity index (χ0n) is 8.79. The fraction of sp³-hybridized carbons (Fsp3) is 0.417. The third-order valence-corrected chi connectivity index (χ3v) is 3.93. The van der Waals surface area contributed by atoms with E-state index in [4.69, 9.17) is 0 Å². The summed E-state index contributed by atoms with van der Waals surface area (Å²) in [6.45, 7) is 3.22. The van der Waals surface area contributed by atoms with Crippen LogP contribution in [0.1, 0.15) is 29.5 Å². The Hall–Kier alpha value is -0.930. The summed E-state index contributed by atoms with van der Waals surface area (Å²) in [5.74, 6) is 0. The Kier molecular flexibility index (Phi) is 2.22. The second kappa shape index (κ2) is 3.58. The summed E-state index contributed by atoms with van der Waals surface area (Å²) in [5, 5.41) is 4.67. The van der Waals surface area contributed by atoms with E-state index in [1.807, 2.05) is 0 Å². The molecule has 78 valence electrons. The number of hydrogen-bond acceptors (Lipinski definition) is 3. The molecule has 0 spiro atoms. The Balaban J connectivity index is 2.04. The summed E-state index contributed by atoms with van der Waals surface area (Å²) < 4.78 is 1.30. The molecule has 1 aliphatic rings. The van der Waals surface area contributed by atoms with Crippen LogP contribution < -0.4 is 5.32 Å². The Morgan fingerprint density at radius 3 is 3.20 bits per heavy atom. The smallest absolute Gasteiger partial charge is 0.0907 e. The molecule has 1 fully saturated rings. The highest BCUT2D eigenvalue weighted by molar-refractivity contribution is 7.18. The van der Waals surface area contributed by atoms with Crippen molar-refractivity contribution in [3.05, 3.63) is 28.8 Å². The van der Waals surface area contributed by atoms with E-state index in [2.05, 4.69) is 35.4 Å². The van der Waals surface area contributed by atoms with Crippen LogP contribution >= 0.6 is 11.3 Å². The van der Waals surface area contributed by atoms with Gasteiger partial charge in [0.15, 0.2) is 0 Å². The largest absolute Gasteiger partial charge is 0.310 e.